The molecule has 0 saturated carbocycles. The number of amides is 2. The second-order valence-electron chi connectivity index (χ2n) is 8.72. The van der Waals surface area contributed by atoms with Crippen molar-refractivity contribution >= 4 is 23.2 Å². The van der Waals surface area contributed by atoms with Crippen molar-refractivity contribution in [3.05, 3.63) is 66.2 Å². The van der Waals surface area contributed by atoms with Crippen LogP contribution in [0.4, 0.5) is 11.4 Å². The zero-order valence-electron chi connectivity index (χ0n) is 20.9. The van der Waals surface area contributed by atoms with Gasteiger partial charge in [0, 0.05) is 24.2 Å². The first-order valence-corrected chi connectivity index (χ1v) is 11.9. The number of carbonyl (C=O) groups is 2. The lowest BCUT2D eigenvalue weighted by atomic mass is 9.83. The van der Waals surface area contributed by atoms with Crippen molar-refractivity contribution in [2.45, 2.75) is 18.9 Å². The van der Waals surface area contributed by atoms with Crippen LogP contribution in [-0.4, -0.2) is 39.9 Å². The van der Waals surface area contributed by atoms with Gasteiger partial charge in [-0.3, -0.25) is 9.59 Å². The number of fused-ring (bicyclic) bond motifs is 1. The quantitative estimate of drug-likeness (QED) is 0.504. The largest absolute Gasteiger partial charge is 0.497 e. The molecular weight excluding hydrogens is 476 g/mol. The van der Waals surface area contributed by atoms with Crippen LogP contribution in [-0.2, 0) is 9.59 Å². The summed E-state index contributed by atoms with van der Waals surface area (Å²) in [5.74, 6) is 2.13. The van der Waals surface area contributed by atoms with Gasteiger partial charge >= 0.3 is 0 Å². The minimum Gasteiger partial charge on any atom is -0.497 e. The summed E-state index contributed by atoms with van der Waals surface area (Å²) in [6, 6.07) is 17.4. The lowest BCUT2D eigenvalue weighted by molar-refractivity contribution is -0.125. The molecule has 2 aliphatic rings. The fraction of sp³-hybridized carbons (Fsp3) is 0.286. The smallest absolute Gasteiger partial charge is 0.231 e. The summed E-state index contributed by atoms with van der Waals surface area (Å²) in [5.41, 5.74) is 1.97. The van der Waals surface area contributed by atoms with E-state index in [0.29, 0.717) is 46.5 Å². The Balaban J connectivity index is 1.53. The third-order valence-corrected chi connectivity index (χ3v) is 6.69. The van der Waals surface area contributed by atoms with Crippen LogP contribution < -0.4 is 33.9 Å². The Morgan fingerprint density at radius 2 is 1.62 bits per heavy atom. The molecule has 1 fully saturated rings. The maximum absolute atomic E-state index is 13.8. The predicted molar refractivity (Wildman–Crippen MR) is 137 cm³/mol. The normalized spacial score (nSPS) is 18.4. The molecule has 0 aromatic heterocycles. The second-order valence-corrected chi connectivity index (χ2v) is 8.72. The van der Waals surface area contributed by atoms with Gasteiger partial charge in [-0.05, 0) is 48.4 Å². The van der Waals surface area contributed by atoms with Crippen LogP contribution in [0.1, 0.15) is 24.4 Å². The van der Waals surface area contributed by atoms with Gasteiger partial charge in [-0.1, -0.05) is 12.1 Å². The number of piperidine rings is 1. The van der Waals surface area contributed by atoms with E-state index in [-0.39, 0.29) is 25.0 Å². The molecule has 2 heterocycles. The predicted octanol–water partition coefficient (Wildman–Crippen LogP) is 4.56. The summed E-state index contributed by atoms with van der Waals surface area (Å²) in [4.78, 5) is 28.8. The van der Waals surface area contributed by atoms with Gasteiger partial charge in [-0.25, -0.2) is 0 Å². The topological polar surface area (TPSA) is 95.6 Å². The lowest BCUT2D eigenvalue weighted by Gasteiger charge is -2.41. The molecule has 3 aromatic rings. The summed E-state index contributed by atoms with van der Waals surface area (Å²) in [7, 11) is 4.69. The molecule has 0 unspecified atom stereocenters. The van der Waals surface area contributed by atoms with Crippen molar-refractivity contribution in [3.8, 4) is 28.7 Å². The van der Waals surface area contributed by atoms with Gasteiger partial charge in [-0.2, -0.15) is 0 Å². The first-order valence-electron chi connectivity index (χ1n) is 11.9. The molecule has 2 amide bonds. The van der Waals surface area contributed by atoms with E-state index in [1.54, 1.807) is 49.5 Å². The standard InChI is InChI=1S/C28H28N2O7/c1-33-19-7-4-17(5-8-19)27-21(28(32)29-22-11-9-20(34-2)15-24(22)35-3)10-13-26(31)30(27)18-6-12-23-25(14-18)37-16-36-23/h4-9,11-12,14-15,21,27H,10,13,16H2,1-3H3,(H,29,32)/t21-,27+/m0/s1. The maximum Gasteiger partial charge on any atom is 0.231 e. The van der Waals surface area contributed by atoms with E-state index in [9.17, 15) is 9.59 Å². The molecule has 1 saturated heterocycles. The van der Waals surface area contributed by atoms with Crippen molar-refractivity contribution in [1.82, 2.24) is 0 Å². The molecular formula is C28H28N2O7. The number of carbonyl (C=O) groups excluding carboxylic acids is 2. The van der Waals surface area contributed by atoms with Gasteiger partial charge in [-0.15, -0.1) is 0 Å². The van der Waals surface area contributed by atoms with E-state index in [1.807, 2.05) is 30.3 Å². The van der Waals surface area contributed by atoms with Crippen LogP contribution in [0.3, 0.4) is 0 Å². The lowest BCUT2D eigenvalue weighted by Crippen LogP contribution is -2.47. The zero-order valence-corrected chi connectivity index (χ0v) is 20.9. The monoisotopic (exact) mass is 504 g/mol. The van der Waals surface area contributed by atoms with Gasteiger partial charge in [0.05, 0.1) is 39.0 Å². The van der Waals surface area contributed by atoms with E-state index in [4.69, 9.17) is 23.7 Å². The van der Waals surface area contributed by atoms with E-state index >= 15 is 0 Å². The minimum atomic E-state index is -0.559. The van der Waals surface area contributed by atoms with E-state index < -0.39 is 12.0 Å². The van der Waals surface area contributed by atoms with Gasteiger partial charge < -0.3 is 33.9 Å². The van der Waals surface area contributed by atoms with E-state index in [1.165, 1.54) is 7.11 Å². The van der Waals surface area contributed by atoms with Crippen LogP contribution in [0.15, 0.2) is 60.7 Å². The Hall–Kier alpha value is -4.40. The van der Waals surface area contributed by atoms with Crippen molar-refractivity contribution in [1.29, 1.82) is 0 Å². The molecule has 3 aromatic carbocycles. The highest BCUT2D eigenvalue weighted by Gasteiger charge is 2.42. The molecule has 192 valence electrons. The number of ether oxygens (including phenoxy) is 5. The van der Waals surface area contributed by atoms with Crippen molar-refractivity contribution in [2.24, 2.45) is 5.92 Å². The fourth-order valence-electron chi connectivity index (χ4n) is 4.82. The van der Waals surface area contributed by atoms with Crippen molar-refractivity contribution in [3.63, 3.8) is 0 Å². The van der Waals surface area contributed by atoms with Crippen molar-refractivity contribution in [2.75, 3.05) is 38.3 Å². The van der Waals surface area contributed by atoms with Crippen LogP contribution in [0.25, 0.3) is 0 Å². The molecule has 5 rings (SSSR count). The number of benzene rings is 3. The van der Waals surface area contributed by atoms with Crippen LogP contribution >= 0.6 is 0 Å². The Kier molecular flexibility index (Phi) is 6.76. The van der Waals surface area contributed by atoms with Gasteiger partial charge in [0.15, 0.2) is 11.5 Å². The Labute approximate surface area is 214 Å². The highest BCUT2D eigenvalue weighted by molar-refractivity contribution is 6.01. The van der Waals surface area contributed by atoms with Crippen LogP contribution in [0.5, 0.6) is 28.7 Å². The molecule has 0 radical (unpaired) electrons. The molecule has 1 N–H and O–H groups in total. The fourth-order valence-corrected chi connectivity index (χ4v) is 4.82. The summed E-state index contributed by atoms with van der Waals surface area (Å²) in [6.07, 6.45) is 0.611. The molecule has 2 atom stereocenters. The second kappa shape index (κ2) is 10.3. The number of nitrogens with zero attached hydrogens (tertiary/aromatic N) is 1. The van der Waals surface area contributed by atoms with E-state index in [0.717, 1.165) is 5.56 Å². The molecule has 37 heavy (non-hydrogen) atoms. The number of methoxy groups -OCH3 is 3. The van der Waals surface area contributed by atoms with Crippen LogP contribution in [0, 0.1) is 5.92 Å². The molecule has 0 spiro atoms. The molecule has 0 aliphatic carbocycles. The highest BCUT2D eigenvalue weighted by Crippen LogP contribution is 2.44. The number of nitrogens with one attached hydrogen (secondary N) is 1. The highest BCUT2D eigenvalue weighted by atomic mass is 16.7. The van der Waals surface area contributed by atoms with Gasteiger partial charge in [0.2, 0.25) is 18.6 Å². The first-order chi connectivity index (χ1) is 18.0. The number of hydrogen-bond acceptors (Lipinski definition) is 7. The van der Waals surface area contributed by atoms with Crippen LogP contribution in [0.2, 0.25) is 0 Å². The zero-order chi connectivity index (χ0) is 25.9. The first kappa shape index (κ1) is 24.3. The molecule has 9 heteroatoms. The summed E-state index contributed by atoms with van der Waals surface area (Å²) >= 11 is 0. The third-order valence-electron chi connectivity index (χ3n) is 6.69. The summed E-state index contributed by atoms with van der Waals surface area (Å²) in [6.45, 7) is 0.128. The molecule has 2 aliphatic heterocycles. The van der Waals surface area contributed by atoms with Gasteiger partial charge in [0.1, 0.15) is 17.2 Å². The average Bonchev–Trinajstić information content (AvgIpc) is 3.41. The Morgan fingerprint density at radius 1 is 0.892 bits per heavy atom. The minimum absolute atomic E-state index is 0.0780. The average molecular weight is 505 g/mol. The number of rotatable bonds is 7. The SMILES string of the molecule is COc1ccc([C@@H]2[C@@H](C(=O)Nc3ccc(OC)cc3OC)CCC(=O)N2c2ccc3c(c2)OCO3)cc1. The molecule has 9 nitrogen and oxygen atoms in total. The third kappa shape index (κ3) is 4.72. The Bertz CT molecular complexity index is 1310. The molecule has 0 bridgehead atoms. The summed E-state index contributed by atoms with van der Waals surface area (Å²) in [5, 5.41) is 3.01. The Morgan fingerprint density at radius 3 is 2.35 bits per heavy atom. The number of anilines is 2. The van der Waals surface area contributed by atoms with E-state index in [2.05, 4.69) is 5.32 Å². The van der Waals surface area contributed by atoms with Gasteiger partial charge in [0.25, 0.3) is 0 Å². The number of hydrogen-bond donors (Lipinski definition) is 1. The van der Waals surface area contributed by atoms with Crippen molar-refractivity contribution < 1.29 is 33.3 Å². The summed E-state index contributed by atoms with van der Waals surface area (Å²) < 4.78 is 27.1. The maximum atomic E-state index is 13.8.